The summed E-state index contributed by atoms with van der Waals surface area (Å²) in [7, 11) is 0. The highest BCUT2D eigenvalue weighted by molar-refractivity contribution is 8.00. The third-order valence-corrected chi connectivity index (χ3v) is 4.12. The van der Waals surface area contributed by atoms with Gasteiger partial charge in [0.2, 0.25) is 0 Å². The molecule has 0 spiro atoms. The van der Waals surface area contributed by atoms with Crippen molar-refractivity contribution in [3.05, 3.63) is 0 Å². The van der Waals surface area contributed by atoms with Gasteiger partial charge in [-0.3, -0.25) is 9.69 Å². The number of hydrogen-bond donors (Lipinski definition) is 1. The molecule has 1 N–H and O–H groups in total. The molecule has 0 aromatic carbocycles. The van der Waals surface area contributed by atoms with Gasteiger partial charge in [-0.1, -0.05) is 20.3 Å². The van der Waals surface area contributed by atoms with E-state index in [-0.39, 0.29) is 6.04 Å². The molecule has 2 unspecified atom stereocenters. The van der Waals surface area contributed by atoms with Gasteiger partial charge in [-0.25, -0.2) is 0 Å². The van der Waals surface area contributed by atoms with Crippen LogP contribution in [0.4, 0.5) is 0 Å². The second-order valence-electron chi connectivity index (χ2n) is 3.64. The number of carboxylic acids is 1. The van der Waals surface area contributed by atoms with Gasteiger partial charge in [-0.2, -0.15) is 0 Å². The first-order chi connectivity index (χ1) is 6.70. The molecule has 1 aliphatic heterocycles. The highest BCUT2D eigenvalue weighted by Gasteiger charge is 2.36. The van der Waals surface area contributed by atoms with E-state index in [1.165, 1.54) is 0 Å². The number of nitrogens with zero attached hydrogens (tertiary/aromatic N) is 1. The summed E-state index contributed by atoms with van der Waals surface area (Å²) in [5, 5.41) is 9.46. The first-order valence-corrected chi connectivity index (χ1v) is 6.35. The van der Waals surface area contributed by atoms with E-state index in [1.54, 1.807) is 11.8 Å². The molecular weight excluding hydrogens is 198 g/mol. The van der Waals surface area contributed by atoms with Crippen LogP contribution in [-0.2, 0) is 4.79 Å². The summed E-state index contributed by atoms with van der Waals surface area (Å²) in [4.78, 5) is 13.1. The summed E-state index contributed by atoms with van der Waals surface area (Å²) in [6.45, 7) is 5.19. The molecule has 0 amide bonds. The van der Waals surface area contributed by atoms with E-state index in [0.29, 0.717) is 5.37 Å². The number of carbonyl (C=O) groups is 1. The van der Waals surface area contributed by atoms with Crippen LogP contribution in [0.25, 0.3) is 0 Å². The first kappa shape index (κ1) is 11.9. The van der Waals surface area contributed by atoms with Gasteiger partial charge in [-0.15, -0.1) is 11.8 Å². The molecule has 0 radical (unpaired) electrons. The number of carboxylic acid groups (broad SMARTS) is 1. The fourth-order valence-electron chi connectivity index (χ4n) is 1.80. The minimum absolute atomic E-state index is 0.253. The van der Waals surface area contributed by atoms with Crippen LogP contribution in [0.3, 0.4) is 0 Å². The molecule has 4 heteroatoms. The molecule has 1 rings (SSSR count). The Hall–Kier alpha value is -0.220. The molecule has 0 bridgehead atoms. The zero-order valence-corrected chi connectivity index (χ0v) is 9.72. The molecule has 82 valence electrons. The lowest BCUT2D eigenvalue weighted by Crippen LogP contribution is -2.41. The van der Waals surface area contributed by atoms with Crippen molar-refractivity contribution in [3.8, 4) is 0 Å². The molecule has 0 aromatic heterocycles. The fourth-order valence-corrected chi connectivity index (χ4v) is 3.22. The third-order valence-electron chi connectivity index (χ3n) is 2.62. The van der Waals surface area contributed by atoms with Crippen LogP contribution >= 0.6 is 11.8 Å². The lowest BCUT2D eigenvalue weighted by atomic mass is 10.2. The topological polar surface area (TPSA) is 40.5 Å². The third kappa shape index (κ3) is 2.64. The second-order valence-corrected chi connectivity index (χ2v) is 4.85. The van der Waals surface area contributed by atoms with Crippen molar-refractivity contribution >= 4 is 17.7 Å². The highest BCUT2D eigenvalue weighted by Crippen LogP contribution is 2.31. The molecule has 1 fully saturated rings. The maximum atomic E-state index is 11.0. The number of aliphatic carboxylic acids is 1. The second kappa shape index (κ2) is 5.61. The van der Waals surface area contributed by atoms with Crippen molar-refractivity contribution in [2.24, 2.45) is 0 Å². The van der Waals surface area contributed by atoms with E-state index >= 15 is 0 Å². The summed E-state index contributed by atoms with van der Waals surface area (Å²) in [6.07, 6.45) is 3.27. The Labute approximate surface area is 89.9 Å². The van der Waals surface area contributed by atoms with Crippen LogP contribution < -0.4 is 0 Å². The largest absolute Gasteiger partial charge is 0.480 e. The average Bonchev–Trinajstić information content (AvgIpc) is 2.57. The lowest BCUT2D eigenvalue weighted by molar-refractivity contribution is -0.142. The zero-order valence-electron chi connectivity index (χ0n) is 8.90. The van der Waals surface area contributed by atoms with Crippen molar-refractivity contribution in [2.75, 3.05) is 12.3 Å². The van der Waals surface area contributed by atoms with Gasteiger partial charge >= 0.3 is 5.97 Å². The minimum Gasteiger partial charge on any atom is -0.480 e. The van der Waals surface area contributed by atoms with Crippen LogP contribution in [-0.4, -0.2) is 39.7 Å². The van der Waals surface area contributed by atoms with Crippen LogP contribution in [0.1, 0.15) is 33.1 Å². The predicted molar refractivity (Wildman–Crippen MR) is 59.6 cm³/mol. The maximum Gasteiger partial charge on any atom is 0.321 e. The van der Waals surface area contributed by atoms with Crippen LogP contribution in [0.2, 0.25) is 0 Å². The zero-order chi connectivity index (χ0) is 10.6. The van der Waals surface area contributed by atoms with Gasteiger partial charge in [0, 0.05) is 12.3 Å². The lowest BCUT2D eigenvalue weighted by Gasteiger charge is -2.25. The SMILES string of the molecule is CCCCN1C(CC)SCC1C(=O)O. The van der Waals surface area contributed by atoms with Crippen molar-refractivity contribution in [1.82, 2.24) is 4.90 Å². The molecule has 2 atom stereocenters. The van der Waals surface area contributed by atoms with E-state index < -0.39 is 5.97 Å². The van der Waals surface area contributed by atoms with E-state index in [1.807, 2.05) is 0 Å². The summed E-state index contributed by atoms with van der Waals surface area (Å²) >= 11 is 1.78. The van der Waals surface area contributed by atoms with Crippen LogP contribution in [0.15, 0.2) is 0 Å². The van der Waals surface area contributed by atoms with Crippen molar-refractivity contribution < 1.29 is 9.90 Å². The Kier molecular flexibility index (Phi) is 4.75. The van der Waals surface area contributed by atoms with Crippen LogP contribution in [0, 0.1) is 0 Å². The normalized spacial score (nSPS) is 28.1. The molecule has 1 saturated heterocycles. The molecule has 1 aliphatic rings. The smallest absolute Gasteiger partial charge is 0.321 e. The molecular formula is C10H19NO2S. The Morgan fingerprint density at radius 3 is 2.79 bits per heavy atom. The minimum atomic E-state index is -0.662. The summed E-state index contributed by atoms with van der Waals surface area (Å²) in [5.74, 6) is 0.0851. The molecule has 14 heavy (non-hydrogen) atoms. The Morgan fingerprint density at radius 2 is 2.29 bits per heavy atom. The molecule has 1 heterocycles. The van der Waals surface area contributed by atoms with Crippen molar-refractivity contribution in [2.45, 2.75) is 44.5 Å². The molecule has 0 aromatic rings. The Bertz CT molecular complexity index is 199. The number of rotatable bonds is 5. The fraction of sp³-hybridized carbons (Fsp3) is 0.900. The van der Waals surface area contributed by atoms with Crippen LogP contribution in [0.5, 0.6) is 0 Å². The van der Waals surface area contributed by atoms with Gasteiger partial charge < -0.3 is 5.11 Å². The van der Waals surface area contributed by atoms with Gasteiger partial charge in [-0.05, 0) is 12.8 Å². The standard InChI is InChI=1S/C10H19NO2S/c1-3-5-6-11-8(10(12)13)7-14-9(11)4-2/h8-9H,3-7H2,1-2H3,(H,12,13). The predicted octanol–water partition coefficient (Wildman–Crippen LogP) is 2.02. The highest BCUT2D eigenvalue weighted by atomic mass is 32.2. The van der Waals surface area contributed by atoms with E-state index in [9.17, 15) is 4.79 Å². The summed E-state index contributed by atoms with van der Waals surface area (Å²) < 4.78 is 0. The van der Waals surface area contributed by atoms with E-state index in [2.05, 4.69) is 18.7 Å². The Balaban J connectivity index is 2.55. The summed E-state index contributed by atoms with van der Waals surface area (Å²) in [6, 6.07) is -0.253. The number of thioether (sulfide) groups is 1. The van der Waals surface area contributed by atoms with E-state index in [4.69, 9.17) is 5.11 Å². The quantitative estimate of drug-likeness (QED) is 0.765. The summed E-state index contributed by atoms with van der Waals surface area (Å²) in [5.41, 5.74) is 0. The van der Waals surface area contributed by atoms with Gasteiger partial charge in [0.25, 0.3) is 0 Å². The maximum absolute atomic E-state index is 11.0. The molecule has 3 nitrogen and oxygen atoms in total. The van der Waals surface area contributed by atoms with Crippen molar-refractivity contribution in [1.29, 1.82) is 0 Å². The van der Waals surface area contributed by atoms with Gasteiger partial charge in [0.1, 0.15) is 6.04 Å². The average molecular weight is 217 g/mol. The molecule has 0 aliphatic carbocycles. The van der Waals surface area contributed by atoms with E-state index in [0.717, 1.165) is 31.6 Å². The number of hydrogen-bond acceptors (Lipinski definition) is 3. The monoisotopic (exact) mass is 217 g/mol. The molecule has 0 saturated carbocycles. The number of unbranched alkanes of at least 4 members (excludes halogenated alkanes) is 1. The van der Waals surface area contributed by atoms with Gasteiger partial charge in [0.15, 0.2) is 0 Å². The van der Waals surface area contributed by atoms with Crippen molar-refractivity contribution in [3.63, 3.8) is 0 Å². The van der Waals surface area contributed by atoms with Gasteiger partial charge in [0.05, 0.1) is 5.37 Å². The Morgan fingerprint density at radius 1 is 1.57 bits per heavy atom. The first-order valence-electron chi connectivity index (χ1n) is 5.30.